The quantitative estimate of drug-likeness (QED) is 0.652. The van der Waals surface area contributed by atoms with E-state index in [0.717, 1.165) is 0 Å². The highest BCUT2D eigenvalue weighted by atomic mass is 16.5. The van der Waals surface area contributed by atoms with Gasteiger partial charge < -0.3 is 9.30 Å². The summed E-state index contributed by atoms with van der Waals surface area (Å²) in [7, 11) is 3.16. The van der Waals surface area contributed by atoms with E-state index in [2.05, 4.69) is 9.97 Å². The lowest BCUT2D eigenvalue weighted by Gasteiger charge is -2.03. The minimum Gasteiger partial charge on any atom is -0.479 e. The number of aryl methyl sites for hydroxylation is 1. The van der Waals surface area contributed by atoms with Gasteiger partial charge in [-0.05, 0) is 6.07 Å². The number of nitrogens with zero attached hydrogens (tertiary/aromatic N) is 3. The molecule has 0 radical (unpaired) electrons. The number of methoxy groups -OCH3 is 1. The summed E-state index contributed by atoms with van der Waals surface area (Å²) in [4.78, 5) is 19.7. The third-order valence-electron chi connectivity index (χ3n) is 1.99. The van der Waals surface area contributed by atoms with Gasteiger partial charge in [0.15, 0.2) is 0 Å². The van der Waals surface area contributed by atoms with Gasteiger partial charge in [0.05, 0.1) is 18.8 Å². The third kappa shape index (κ3) is 1.14. The van der Waals surface area contributed by atoms with E-state index in [1.54, 1.807) is 13.1 Å². The average Bonchev–Trinajstić information content (AvgIpc) is 2.23. The molecule has 14 heavy (non-hydrogen) atoms. The standard InChI is InChI=1S/C9H9N3O2/c1-12-5-11-7-6(9(12)13)3-4-10-8(7)14-2/h3-5H,1-2H3. The lowest BCUT2D eigenvalue weighted by molar-refractivity contribution is 0.402. The molecule has 72 valence electrons. The second-order valence-electron chi connectivity index (χ2n) is 2.88. The van der Waals surface area contributed by atoms with Crippen LogP contribution in [-0.2, 0) is 7.05 Å². The number of hydrogen-bond donors (Lipinski definition) is 0. The molecule has 0 aromatic carbocycles. The van der Waals surface area contributed by atoms with Crippen molar-refractivity contribution in [1.82, 2.24) is 14.5 Å². The minimum atomic E-state index is -0.101. The molecule has 0 saturated carbocycles. The van der Waals surface area contributed by atoms with Crippen molar-refractivity contribution in [3.63, 3.8) is 0 Å². The van der Waals surface area contributed by atoms with Crippen molar-refractivity contribution in [2.75, 3.05) is 7.11 Å². The van der Waals surface area contributed by atoms with Gasteiger partial charge in [0.2, 0.25) is 5.88 Å². The number of aromatic nitrogens is 3. The SMILES string of the molecule is COc1nccc2c(=O)n(C)cnc12. The first-order valence-electron chi connectivity index (χ1n) is 4.08. The smallest absolute Gasteiger partial charge is 0.261 e. The Balaban J connectivity index is 2.93. The molecule has 0 unspecified atom stereocenters. The van der Waals surface area contributed by atoms with Crippen LogP contribution in [0.4, 0.5) is 0 Å². The summed E-state index contributed by atoms with van der Waals surface area (Å²) < 4.78 is 6.42. The van der Waals surface area contributed by atoms with Crippen LogP contribution in [0.25, 0.3) is 10.9 Å². The second-order valence-corrected chi connectivity index (χ2v) is 2.88. The first kappa shape index (κ1) is 8.68. The summed E-state index contributed by atoms with van der Waals surface area (Å²) in [6.45, 7) is 0. The largest absolute Gasteiger partial charge is 0.479 e. The first-order valence-corrected chi connectivity index (χ1v) is 4.08. The Bertz CT molecular complexity index is 533. The van der Waals surface area contributed by atoms with Gasteiger partial charge in [0.25, 0.3) is 5.56 Å². The van der Waals surface area contributed by atoms with Crippen LogP contribution < -0.4 is 10.3 Å². The molecule has 0 atom stereocenters. The molecule has 2 rings (SSSR count). The molecule has 2 heterocycles. The van der Waals surface area contributed by atoms with Gasteiger partial charge >= 0.3 is 0 Å². The molecule has 0 bridgehead atoms. The van der Waals surface area contributed by atoms with Gasteiger partial charge in [-0.1, -0.05) is 0 Å². The van der Waals surface area contributed by atoms with Crippen LogP contribution in [0.2, 0.25) is 0 Å². The Hall–Kier alpha value is -1.91. The summed E-state index contributed by atoms with van der Waals surface area (Å²) >= 11 is 0. The zero-order valence-electron chi connectivity index (χ0n) is 7.89. The normalized spacial score (nSPS) is 10.4. The molecule has 0 amide bonds. The van der Waals surface area contributed by atoms with Gasteiger partial charge in [-0.25, -0.2) is 9.97 Å². The second kappa shape index (κ2) is 3.10. The molecule has 0 fully saturated rings. The fraction of sp³-hybridized carbons (Fsp3) is 0.222. The zero-order valence-corrected chi connectivity index (χ0v) is 7.89. The van der Waals surface area contributed by atoms with Crippen molar-refractivity contribution in [2.45, 2.75) is 0 Å². The molecule has 0 aliphatic carbocycles. The number of rotatable bonds is 1. The summed E-state index contributed by atoms with van der Waals surface area (Å²) in [6.07, 6.45) is 2.99. The van der Waals surface area contributed by atoms with Crippen molar-refractivity contribution in [2.24, 2.45) is 7.05 Å². The van der Waals surface area contributed by atoms with Gasteiger partial charge in [0, 0.05) is 13.2 Å². The zero-order chi connectivity index (χ0) is 10.1. The van der Waals surface area contributed by atoms with E-state index in [4.69, 9.17) is 4.74 Å². The van der Waals surface area contributed by atoms with E-state index >= 15 is 0 Å². The first-order chi connectivity index (χ1) is 6.74. The molecule has 0 N–H and O–H groups in total. The number of fused-ring (bicyclic) bond motifs is 1. The summed E-state index contributed by atoms with van der Waals surface area (Å²) in [5, 5.41) is 0.516. The molecular formula is C9H9N3O2. The predicted molar refractivity (Wildman–Crippen MR) is 51.3 cm³/mol. The number of ether oxygens (including phenoxy) is 1. The molecule has 0 saturated heterocycles. The number of hydrogen-bond acceptors (Lipinski definition) is 4. The van der Waals surface area contributed by atoms with E-state index in [1.807, 2.05) is 0 Å². The Morgan fingerprint density at radius 2 is 2.21 bits per heavy atom. The van der Waals surface area contributed by atoms with Gasteiger partial charge in [-0.15, -0.1) is 0 Å². The Morgan fingerprint density at radius 3 is 2.93 bits per heavy atom. The molecule has 2 aromatic rings. The average molecular weight is 191 g/mol. The highest BCUT2D eigenvalue weighted by Crippen LogP contribution is 2.16. The topological polar surface area (TPSA) is 57.0 Å². The molecule has 5 heteroatoms. The molecule has 0 aliphatic heterocycles. The van der Waals surface area contributed by atoms with E-state index < -0.39 is 0 Å². The van der Waals surface area contributed by atoms with Crippen LogP contribution >= 0.6 is 0 Å². The predicted octanol–water partition coefficient (Wildman–Crippen LogP) is 0.337. The Kier molecular flexibility index (Phi) is 1.92. The maximum Gasteiger partial charge on any atom is 0.261 e. The summed E-state index contributed by atoms with van der Waals surface area (Å²) in [5.74, 6) is 0.375. The lowest BCUT2D eigenvalue weighted by atomic mass is 10.3. The van der Waals surface area contributed by atoms with Gasteiger partial charge in [-0.2, -0.15) is 0 Å². The van der Waals surface area contributed by atoms with E-state index in [9.17, 15) is 4.79 Å². The highest BCUT2D eigenvalue weighted by Gasteiger charge is 2.06. The summed E-state index contributed by atoms with van der Waals surface area (Å²) in [6, 6.07) is 1.63. The Labute approximate surface area is 80.0 Å². The van der Waals surface area contributed by atoms with E-state index in [0.29, 0.717) is 16.8 Å². The maximum atomic E-state index is 11.6. The van der Waals surface area contributed by atoms with Crippen LogP contribution in [0, 0.1) is 0 Å². The monoisotopic (exact) mass is 191 g/mol. The summed E-state index contributed by atoms with van der Waals surface area (Å²) in [5.41, 5.74) is 0.397. The molecular weight excluding hydrogens is 182 g/mol. The van der Waals surface area contributed by atoms with Gasteiger partial charge in [0.1, 0.15) is 5.52 Å². The van der Waals surface area contributed by atoms with Crippen molar-refractivity contribution >= 4 is 10.9 Å². The van der Waals surface area contributed by atoms with Crippen LogP contribution in [0.15, 0.2) is 23.4 Å². The molecule has 2 aromatic heterocycles. The van der Waals surface area contributed by atoms with Crippen molar-refractivity contribution in [3.05, 3.63) is 28.9 Å². The van der Waals surface area contributed by atoms with Crippen LogP contribution in [0.5, 0.6) is 5.88 Å². The fourth-order valence-electron chi connectivity index (χ4n) is 1.27. The van der Waals surface area contributed by atoms with E-state index in [-0.39, 0.29) is 5.56 Å². The lowest BCUT2D eigenvalue weighted by Crippen LogP contribution is -2.17. The van der Waals surface area contributed by atoms with Crippen LogP contribution in [0.3, 0.4) is 0 Å². The van der Waals surface area contributed by atoms with Crippen molar-refractivity contribution < 1.29 is 4.74 Å². The Morgan fingerprint density at radius 1 is 1.43 bits per heavy atom. The highest BCUT2D eigenvalue weighted by molar-refractivity contribution is 5.81. The van der Waals surface area contributed by atoms with Gasteiger partial charge in [-0.3, -0.25) is 4.79 Å². The van der Waals surface area contributed by atoms with Crippen molar-refractivity contribution in [1.29, 1.82) is 0 Å². The maximum absolute atomic E-state index is 11.6. The number of pyridine rings is 1. The van der Waals surface area contributed by atoms with E-state index in [1.165, 1.54) is 24.2 Å². The minimum absolute atomic E-state index is 0.101. The third-order valence-corrected chi connectivity index (χ3v) is 1.99. The fourth-order valence-corrected chi connectivity index (χ4v) is 1.27. The van der Waals surface area contributed by atoms with Crippen LogP contribution in [0.1, 0.15) is 0 Å². The molecule has 0 aliphatic rings. The molecule has 0 spiro atoms. The molecule has 5 nitrogen and oxygen atoms in total. The van der Waals surface area contributed by atoms with Crippen LogP contribution in [-0.4, -0.2) is 21.6 Å². The van der Waals surface area contributed by atoms with Crippen molar-refractivity contribution in [3.8, 4) is 5.88 Å².